The second-order valence-electron chi connectivity index (χ2n) is 6.79. The van der Waals surface area contributed by atoms with Gasteiger partial charge in [-0.2, -0.15) is 0 Å². The van der Waals surface area contributed by atoms with E-state index >= 15 is 0 Å². The zero-order valence-electron chi connectivity index (χ0n) is 14.6. The highest BCUT2D eigenvalue weighted by molar-refractivity contribution is 5.81. The number of amides is 1. The lowest BCUT2D eigenvalue weighted by atomic mass is 9.96. The molecule has 0 aromatic rings. The Morgan fingerprint density at radius 3 is 2.41 bits per heavy atom. The van der Waals surface area contributed by atoms with Gasteiger partial charge in [0.2, 0.25) is 5.91 Å². The zero-order valence-corrected chi connectivity index (χ0v) is 14.6. The summed E-state index contributed by atoms with van der Waals surface area (Å²) in [6, 6.07) is 0. The summed E-state index contributed by atoms with van der Waals surface area (Å²) >= 11 is 0. The summed E-state index contributed by atoms with van der Waals surface area (Å²) in [4.78, 5) is 15.9. The molecule has 1 aliphatic carbocycles. The molecule has 0 spiro atoms. The zero-order chi connectivity index (χ0) is 16.4. The van der Waals surface area contributed by atoms with Gasteiger partial charge >= 0.3 is 0 Å². The summed E-state index contributed by atoms with van der Waals surface area (Å²) < 4.78 is 0. The van der Waals surface area contributed by atoms with Crippen LogP contribution in [0.2, 0.25) is 0 Å². The van der Waals surface area contributed by atoms with E-state index in [1.54, 1.807) is 12.6 Å². The van der Waals surface area contributed by atoms with Crippen molar-refractivity contribution in [1.82, 2.24) is 16.0 Å². The molecule has 0 fully saturated rings. The minimum absolute atomic E-state index is 0.0708. The average molecular weight is 308 g/mol. The molecular weight excluding hydrogens is 276 g/mol. The Labute approximate surface area is 135 Å². The summed E-state index contributed by atoms with van der Waals surface area (Å²) in [7, 11) is 1.77. The van der Waals surface area contributed by atoms with Crippen molar-refractivity contribution >= 4 is 11.9 Å². The van der Waals surface area contributed by atoms with Crippen LogP contribution in [0.1, 0.15) is 52.9 Å². The van der Waals surface area contributed by atoms with E-state index in [1.807, 2.05) is 20.8 Å². The Balaban J connectivity index is 2.15. The second-order valence-corrected chi connectivity index (χ2v) is 6.79. The molecule has 0 atom stereocenters. The maximum atomic E-state index is 11.7. The molecule has 126 valence electrons. The number of carbonyl (C=O) groups excluding carboxylic acids is 1. The van der Waals surface area contributed by atoms with Gasteiger partial charge in [-0.05, 0) is 32.1 Å². The lowest BCUT2D eigenvalue weighted by Gasteiger charge is -2.18. The fourth-order valence-corrected chi connectivity index (χ4v) is 2.32. The SMILES string of the molecule is CN=C(NCCNC(=O)C(C)(C)C)NCCC1=CCCCC1. The number of nitrogens with one attached hydrogen (secondary N) is 3. The molecule has 0 aromatic carbocycles. The molecule has 5 nitrogen and oxygen atoms in total. The van der Waals surface area contributed by atoms with E-state index in [2.05, 4.69) is 27.0 Å². The van der Waals surface area contributed by atoms with Crippen LogP contribution in [0.4, 0.5) is 0 Å². The fourth-order valence-electron chi connectivity index (χ4n) is 2.32. The van der Waals surface area contributed by atoms with Gasteiger partial charge < -0.3 is 16.0 Å². The third-order valence-electron chi connectivity index (χ3n) is 3.73. The topological polar surface area (TPSA) is 65.5 Å². The number of rotatable bonds is 6. The van der Waals surface area contributed by atoms with Crippen molar-refractivity contribution in [2.45, 2.75) is 52.9 Å². The van der Waals surface area contributed by atoms with Crippen molar-refractivity contribution in [2.24, 2.45) is 10.4 Å². The highest BCUT2D eigenvalue weighted by Gasteiger charge is 2.20. The largest absolute Gasteiger partial charge is 0.356 e. The number of hydrogen-bond acceptors (Lipinski definition) is 2. The van der Waals surface area contributed by atoms with Crippen LogP contribution >= 0.6 is 0 Å². The van der Waals surface area contributed by atoms with E-state index < -0.39 is 0 Å². The summed E-state index contributed by atoms with van der Waals surface area (Å²) in [5.41, 5.74) is 1.22. The van der Waals surface area contributed by atoms with Crippen LogP contribution in [0.5, 0.6) is 0 Å². The number of guanidine groups is 1. The molecule has 0 aromatic heterocycles. The first kappa shape index (κ1) is 18.5. The first-order chi connectivity index (χ1) is 10.4. The van der Waals surface area contributed by atoms with Crippen molar-refractivity contribution in [2.75, 3.05) is 26.7 Å². The van der Waals surface area contributed by atoms with Gasteiger partial charge in [0.05, 0.1) is 0 Å². The van der Waals surface area contributed by atoms with Crippen molar-refractivity contribution < 1.29 is 4.79 Å². The lowest BCUT2D eigenvalue weighted by Crippen LogP contribution is -2.43. The van der Waals surface area contributed by atoms with E-state index in [0.29, 0.717) is 13.1 Å². The molecular formula is C17H32N4O. The molecule has 1 rings (SSSR count). The standard InChI is InChI=1S/C17H32N4O/c1-17(2,3)15(22)19-12-13-21-16(18-4)20-11-10-14-8-6-5-7-9-14/h8H,5-7,9-13H2,1-4H3,(H,19,22)(H2,18,20,21). The van der Waals surface area contributed by atoms with E-state index in [1.165, 1.54) is 25.7 Å². The van der Waals surface area contributed by atoms with Gasteiger partial charge in [-0.1, -0.05) is 32.4 Å². The van der Waals surface area contributed by atoms with Crippen LogP contribution in [-0.2, 0) is 4.79 Å². The molecule has 0 aliphatic heterocycles. The van der Waals surface area contributed by atoms with Crippen LogP contribution in [0.15, 0.2) is 16.6 Å². The Kier molecular flexibility index (Phi) is 7.99. The van der Waals surface area contributed by atoms with E-state index in [-0.39, 0.29) is 11.3 Å². The van der Waals surface area contributed by atoms with Crippen LogP contribution in [0.25, 0.3) is 0 Å². The Morgan fingerprint density at radius 1 is 1.14 bits per heavy atom. The highest BCUT2D eigenvalue weighted by Crippen LogP contribution is 2.19. The Morgan fingerprint density at radius 2 is 1.82 bits per heavy atom. The third kappa shape index (κ3) is 7.48. The predicted octanol–water partition coefficient (Wildman–Crippen LogP) is 2.20. The van der Waals surface area contributed by atoms with Crippen molar-refractivity contribution in [1.29, 1.82) is 0 Å². The van der Waals surface area contributed by atoms with Gasteiger partial charge in [-0.3, -0.25) is 9.79 Å². The minimum atomic E-state index is -0.340. The number of allylic oxidation sites excluding steroid dienone is 1. The number of hydrogen-bond donors (Lipinski definition) is 3. The average Bonchev–Trinajstić information content (AvgIpc) is 2.49. The number of aliphatic imine (C=N–C) groups is 1. The molecule has 0 radical (unpaired) electrons. The number of carbonyl (C=O) groups is 1. The van der Waals surface area contributed by atoms with Gasteiger partial charge in [0, 0.05) is 32.1 Å². The van der Waals surface area contributed by atoms with Gasteiger partial charge in [0.25, 0.3) is 0 Å². The maximum Gasteiger partial charge on any atom is 0.225 e. The lowest BCUT2D eigenvalue weighted by molar-refractivity contribution is -0.128. The second kappa shape index (κ2) is 9.49. The molecule has 1 aliphatic rings. The molecule has 0 heterocycles. The van der Waals surface area contributed by atoms with Gasteiger partial charge in [0.1, 0.15) is 0 Å². The van der Waals surface area contributed by atoms with E-state index in [0.717, 1.165) is 18.9 Å². The Hall–Kier alpha value is -1.52. The predicted molar refractivity (Wildman–Crippen MR) is 93.0 cm³/mol. The van der Waals surface area contributed by atoms with Gasteiger partial charge in [0.15, 0.2) is 5.96 Å². The quantitative estimate of drug-likeness (QED) is 0.305. The van der Waals surface area contributed by atoms with Crippen LogP contribution in [0, 0.1) is 5.41 Å². The fraction of sp³-hybridized carbons (Fsp3) is 0.765. The number of nitrogens with zero attached hydrogens (tertiary/aromatic N) is 1. The molecule has 0 unspecified atom stereocenters. The molecule has 3 N–H and O–H groups in total. The van der Waals surface area contributed by atoms with Crippen molar-refractivity contribution in [3.8, 4) is 0 Å². The summed E-state index contributed by atoms with van der Waals surface area (Å²) in [5.74, 6) is 0.864. The molecule has 0 saturated heterocycles. The molecule has 0 bridgehead atoms. The van der Waals surface area contributed by atoms with E-state index in [4.69, 9.17) is 0 Å². The smallest absolute Gasteiger partial charge is 0.225 e. The minimum Gasteiger partial charge on any atom is -0.356 e. The molecule has 5 heteroatoms. The van der Waals surface area contributed by atoms with Crippen LogP contribution in [-0.4, -0.2) is 38.5 Å². The summed E-state index contributed by atoms with van der Waals surface area (Å²) in [5, 5.41) is 9.46. The van der Waals surface area contributed by atoms with Crippen LogP contribution < -0.4 is 16.0 Å². The summed E-state index contributed by atoms with van der Waals surface area (Å²) in [6.45, 7) is 7.91. The molecule has 22 heavy (non-hydrogen) atoms. The molecule has 1 amide bonds. The van der Waals surface area contributed by atoms with Crippen LogP contribution in [0.3, 0.4) is 0 Å². The first-order valence-corrected chi connectivity index (χ1v) is 8.34. The monoisotopic (exact) mass is 308 g/mol. The Bertz CT molecular complexity index is 407. The van der Waals surface area contributed by atoms with Gasteiger partial charge in [-0.15, -0.1) is 0 Å². The molecule has 0 saturated carbocycles. The summed E-state index contributed by atoms with van der Waals surface area (Å²) in [6.07, 6.45) is 8.60. The highest BCUT2D eigenvalue weighted by atomic mass is 16.2. The first-order valence-electron chi connectivity index (χ1n) is 8.34. The third-order valence-corrected chi connectivity index (χ3v) is 3.73. The van der Waals surface area contributed by atoms with E-state index in [9.17, 15) is 4.79 Å². The maximum absolute atomic E-state index is 11.7. The van der Waals surface area contributed by atoms with Crippen molar-refractivity contribution in [3.63, 3.8) is 0 Å². The van der Waals surface area contributed by atoms with Gasteiger partial charge in [-0.25, -0.2) is 0 Å². The normalized spacial score (nSPS) is 16.0. The van der Waals surface area contributed by atoms with Crippen molar-refractivity contribution in [3.05, 3.63) is 11.6 Å².